The van der Waals surface area contributed by atoms with Gasteiger partial charge in [0, 0.05) is 29.0 Å². The Kier molecular flexibility index (Phi) is 5.08. The number of nitrogens with zero attached hydrogens (tertiary/aromatic N) is 2. The van der Waals surface area contributed by atoms with Crippen LogP contribution in [0.5, 0.6) is 0 Å². The van der Waals surface area contributed by atoms with Crippen molar-refractivity contribution in [2.45, 2.75) is 19.6 Å². The molecule has 2 aromatic carbocycles. The van der Waals surface area contributed by atoms with Gasteiger partial charge in [-0.05, 0) is 49.4 Å². The Morgan fingerprint density at radius 1 is 1.18 bits per heavy atom. The van der Waals surface area contributed by atoms with Gasteiger partial charge in [-0.1, -0.05) is 6.07 Å². The molecule has 146 valence electrons. The Labute approximate surface area is 157 Å². The van der Waals surface area contributed by atoms with Gasteiger partial charge < -0.3 is 11.1 Å². The fourth-order valence-electron chi connectivity index (χ4n) is 2.72. The predicted octanol–water partition coefficient (Wildman–Crippen LogP) is 4.56. The van der Waals surface area contributed by atoms with Crippen molar-refractivity contribution >= 4 is 17.3 Å². The molecule has 3 N–H and O–H groups in total. The molecule has 1 heterocycles. The van der Waals surface area contributed by atoms with Crippen molar-refractivity contribution in [3.8, 4) is 11.3 Å². The number of amides is 1. The van der Waals surface area contributed by atoms with Gasteiger partial charge in [-0.2, -0.15) is 18.3 Å². The highest BCUT2D eigenvalue weighted by molar-refractivity contribution is 6.05. The number of aromatic nitrogens is 2. The van der Waals surface area contributed by atoms with E-state index < -0.39 is 23.6 Å². The zero-order valence-corrected chi connectivity index (χ0v) is 14.7. The van der Waals surface area contributed by atoms with Crippen LogP contribution in [0.1, 0.15) is 23.0 Å². The monoisotopic (exact) mass is 392 g/mol. The molecule has 0 atom stereocenters. The maximum Gasteiger partial charge on any atom is 0.435 e. The van der Waals surface area contributed by atoms with Gasteiger partial charge in [-0.3, -0.25) is 9.48 Å². The van der Waals surface area contributed by atoms with E-state index in [2.05, 4.69) is 10.4 Å². The van der Waals surface area contributed by atoms with Crippen LogP contribution in [0.3, 0.4) is 0 Å². The van der Waals surface area contributed by atoms with Crippen molar-refractivity contribution < 1.29 is 22.4 Å². The second-order valence-electron chi connectivity index (χ2n) is 5.99. The van der Waals surface area contributed by atoms with Crippen molar-refractivity contribution in [1.82, 2.24) is 9.78 Å². The second-order valence-corrected chi connectivity index (χ2v) is 5.99. The third kappa shape index (κ3) is 3.98. The summed E-state index contributed by atoms with van der Waals surface area (Å²) in [4.78, 5) is 12.3. The number of alkyl halides is 3. The second kappa shape index (κ2) is 7.34. The number of carbonyl (C=O) groups excluding carboxylic acids is 1. The standard InChI is InChI=1S/C19H16F4N4O/c1-2-27-16(10-17(26-27)19(21,22)23)14-7-6-11(8-15(14)24)18(28)25-13-5-3-4-12(20)9-13/h3-10H,2,24H2,1H3,(H,25,28). The first-order chi connectivity index (χ1) is 13.2. The summed E-state index contributed by atoms with van der Waals surface area (Å²) in [7, 11) is 0. The molecule has 28 heavy (non-hydrogen) atoms. The van der Waals surface area contributed by atoms with Crippen LogP contribution in [0.15, 0.2) is 48.5 Å². The number of aryl methyl sites for hydroxylation is 1. The highest BCUT2D eigenvalue weighted by Crippen LogP contribution is 2.34. The van der Waals surface area contributed by atoms with Crippen molar-refractivity contribution in [2.24, 2.45) is 0 Å². The summed E-state index contributed by atoms with van der Waals surface area (Å²) in [5, 5.41) is 6.09. The molecule has 0 bridgehead atoms. The smallest absolute Gasteiger partial charge is 0.398 e. The molecule has 1 aromatic heterocycles. The van der Waals surface area contributed by atoms with E-state index in [0.29, 0.717) is 5.56 Å². The van der Waals surface area contributed by atoms with E-state index in [1.54, 1.807) is 6.92 Å². The van der Waals surface area contributed by atoms with Crippen molar-refractivity contribution in [2.75, 3.05) is 11.1 Å². The SMILES string of the molecule is CCn1nc(C(F)(F)F)cc1-c1ccc(C(=O)Nc2cccc(F)c2)cc1N. The van der Waals surface area contributed by atoms with Crippen LogP contribution < -0.4 is 11.1 Å². The first kappa shape index (κ1) is 19.4. The number of hydrogen-bond acceptors (Lipinski definition) is 3. The van der Waals surface area contributed by atoms with Crippen molar-refractivity contribution in [1.29, 1.82) is 0 Å². The lowest BCUT2D eigenvalue weighted by Crippen LogP contribution is -2.12. The number of nitrogens with one attached hydrogen (secondary N) is 1. The minimum absolute atomic E-state index is 0.121. The van der Waals surface area contributed by atoms with Gasteiger partial charge in [0.2, 0.25) is 0 Å². The van der Waals surface area contributed by atoms with Crippen LogP contribution in [0, 0.1) is 5.82 Å². The summed E-state index contributed by atoms with van der Waals surface area (Å²) in [6.45, 7) is 1.88. The average Bonchev–Trinajstić information content (AvgIpc) is 3.06. The van der Waals surface area contributed by atoms with Crippen LogP contribution in [-0.4, -0.2) is 15.7 Å². The van der Waals surface area contributed by atoms with Gasteiger partial charge in [0.25, 0.3) is 5.91 Å². The summed E-state index contributed by atoms with van der Waals surface area (Å²) < 4.78 is 53.3. The third-order valence-corrected chi connectivity index (χ3v) is 4.04. The van der Waals surface area contributed by atoms with Gasteiger partial charge in [0.05, 0.1) is 5.69 Å². The molecule has 0 aliphatic rings. The number of anilines is 2. The summed E-state index contributed by atoms with van der Waals surface area (Å²) in [5.41, 5.74) is 6.07. The lowest BCUT2D eigenvalue weighted by atomic mass is 10.1. The van der Waals surface area contributed by atoms with Crippen molar-refractivity contribution in [3.05, 3.63) is 65.6 Å². The molecule has 9 heteroatoms. The highest BCUT2D eigenvalue weighted by atomic mass is 19.4. The third-order valence-electron chi connectivity index (χ3n) is 4.04. The highest BCUT2D eigenvalue weighted by Gasteiger charge is 2.35. The Morgan fingerprint density at radius 2 is 1.93 bits per heavy atom. The number of rotatable bonds is 4. The first-order valence-electron chi connectivity index (χ1n) is 8.31. The lowest BCUT2D eigenvalue weighted by Gasteiger charge is -2.10. The fourth-order valence-corrected chi connectivity index (χ4v) is 2.72. The van der Waals surface area contributed by atoms with Crippen LogP contribution in [0.25, 0.3) is 11.3 Å². The molecule has 0 aliphatic heterocycles. The molecule has 1 amide bonds. The Morgan fingerprint density at radius 3 is 2.54 bits per heavy atom. The fraction of sp³-hybridized carbons (Fsp3) is 0.158. The summed E-state index contributed by atoms with van der Waals surface area (Å²) >= 11 is 0. The molecule has 0 aliphatic carbocycles. The topological polar surface area (TPSA) is 72.9 Å². The Balaban J connectivity index is 1.91. The molecule has 0 radical (unpaired) electrons. The van der Waals surface area contributed by atoms with E-state index in [1.165, 1.54) is 41.1 Å². The van der Waals surface area contributed by atoms with Gasteiger partial charge in [-0.25, -0.2) is 4.39 Å². The molecule has 0 saturated heterocycles. The zero-order chi connectivity index (χ0) is 20.5. The van der Waals surface area contributed by atoms with E-state index in [4.69, 9.17) is 5.73 Å². The largest absolute Gasteiger partial charge is 0.435 e. The number of hydrogen-bond donors (Lipinski definition) is 2. The zero-order valence-electron chi connectivity index (χ0n) is 14.7. The number of carbonyl (C=O) groups is 1. The van der Waals surface area contributed by atoms with Gasteiger partial charge in [-0.15, -0.1) is 0 Å². The maximum absolute atomic E-state index is 13.2. The number of benzene rings is 2. The van der Waals surface area contributed by atoms with E-state index >= 15 is 0 Å². The minimum Gasteiger partial charge on any atom is -0.398 e. The molecular weight excluding hydrogens is 376 g/mol. The first-order valence-corrected chi connectivity index (χ1v) is 8.31. The summed E-state index contributed by atoms with van der Waals surface area (Å²) in [6, 6.07) is 10.5. The van der Waals surface area contributed by atoms with Gasteiger partial charge >= 0.3 is 6.18 Å². The van der Waals surface area contributed by atoms with E-state index in [9.17, 15) is 22.4 Å². The molecular formula is C19H16F4N4O. The van der Waals surface area contributed by atoms with Crippen molar-refractivity contribution in [3.63, 3.8) is 0 Å². The van der Waals surface area contributed by atoms with E-state index in [1.807, 2.05) is 0 Å². The quantitative estimate of drug-likeness (QED) is 0.505. The van der Waals surface area contributed by atoms with Crippen LogP contribution in [-0.2, 0) is 12.7 Å². The molecule has 0 fully saturated rings. The summed E-state index contributed by atoms with van der Waals surface area (Å²) in [5.74, 6) is -1.02. The predicted molar refractivity (Wildman–Crippen MR) is 97.1 cm³/mol. The van der Waals surface area contributed by atoms with Crippen LogP contribution in [0.2, 0.25) is 0 Å². The summed E-state index contributed by atoms with van der Waals surface area (Å²) in [6.07, 6.45) is -4.57. The normalized spacial score (nSPS) is 11.5. The van der Waals surface area contributed by atoms with Crippen LogP contribution >= 0.6 is 0 Å². The minimum atomic E-state index is -4.57. The molecule has 0 unspecified atom stereocenters. The van der Waals surface area contributed by atoms with Crippen LogP contribution in [0.4, 0.5) is 28.9 Å². The van der Waals surface area contributed by atoms with Gasteiger partial charge in [0.1, 0.15) is 5.82 Å². The molecule has 5 nitrogen and oxygen atoms in total. The average molecular weight is 392 g/mol. The number of halogens is 4. The van der Waals surface area contributed by atoms with E-state index in [0.717, 1.165) is 12.1 Å². The molecule has 0 spiro atoms. The molecule has 3 rings (SSSR count). The Bertz CT molecular complexity index is 1030. The maximum atomic E-state index is 13.2. The van der Waals surface area contributed by atoms with E-state index in [-0.39, 0.29) is 29.2 Å². The molecule has 3 aromatic rings. The molecule has 0 saturated carbocycles. The Hall–Kier alpha value is -3.36. The lowest BCUT2D eigenvalue weighted by molar-refractivity contribution is -0.141. The number of nitrogen functional groups attached to an aromatic ring is 1. The number of nitrogens with two attached hydrogens (primary N) is 1. The van der Waals surface area contributed by atoms with Gasteiger partial charge in [0.15, 0.2) is 5.69 Å².